The zero-order valence-corrected chi connectivity index (χ0v) is 20.2. The van der Waals surface area contributed by atoms with Gasteiger partial charge in [-0.05, 0) is 19.8 Å². The van der Waals surface area contributed by atoms with Crippen molar-refractivity contribution in [3.8, 4) is 0 Å². The van der Waals surface area contributed by atoms with Crippen LogP contribution in [0.15, 0.2) is 0 Å². The van der Waals surface area contributed by atoms with Gasteiger partial charge >= 0.3 is 0 Å². The fourth-order valence-corrected chi connectivity index (χ4v) is 3.78. The number of amides is 2. The molecule has 32 heavy (non-hydrogen) atoms. The van der Waals surface area contributed by atoms with Crippen LogP contribution in [-0.2, 0) is 23.9 Å². The van der Waals surface area contributed by atoms with Crippen LogP contribution < -0.4 is 10.6 Å². The van der Waals surface area contributed by atoms with Gasteiger partial charge in [0, 0.05) is 44.0 Å². The van der Waals surface area contributed by atoms with Gasteiger partial charge in [0.2, 0.25) is 11.8 Å². The lowest BCUT2D eigenvalue weighted by Gasteiger charge is -2.41. The van der Waals surface area contributed by atoms with Crippen molar-refractivity contribution in [2.24, 2.45) is 5.41 Å². The van der Waals surface area contributed by atoms with Crippen LogP contribution in [-0.4, -0.2) is 88.4 Å². The Hall–Kier alpha value is -1.24. The molecule has 2 amide bonds. The second-order valence-corrected chi connectivity index (χ2v) is 10.1. The molecule has 1 fully saturated rings. The number of aliphatic hydroxyl groups is 3. The van der Waals surface area contributed by atoms with Crippen LogP contribution in [0.4, 0.5) is 0 Å². The first-order chi connectivity index (χ1) is 14.9. The van der Waals surface area contributed by atoms with Crippen LogP contribution in [0.5, 0.6) is 0 Å². The summed E-state index contributed by atoms with van der Waals surface area (Å²) in [6.07, 6.45) is -3.67. The maximum absolute atomic E-state index is 12.7. The van der Waals surface area contributed by atoms with E-state index >= 15 is 0 Å². The number of nitrogens with one attached hydrogen (secondary N) is 2. The first-order valence-corrected chi connectivity index (χ1v) is 11.9. The molecule has 1 saturated heterocycles. The molecule has 0 aromatic rings. The first-order valence-electron chi connectivity index (χ1n) is 10.9. The van der Waals surface area contributed by atoms with E-state index in [0.717, 1.165) is 11.8 Å². The smallest absolute Gasteiger partial charge is 0.249 e. The lowest BCUT2D eigenvalue weighted by Crippen LogP contribution is -2.54. The van der Waals surface area contributed by atoms with Crippen LogP contribution in [0.25, 0.3) is 0 Å². The summed E-state index contributed by atoms with van der Waals surface area (Å²) in [5.41, 5.74) is -0.608. The average Bonchev–Trinajstić information content (AvgIpc) is 2.65. The Kier molecular flexibility index (Phi) is 12.7. The van der Waals surface area contributed by atoms with Crippen molar-refractivity contribution in [1.82, 2.24) is 10.6 Å². The highest BCUT2D eigenvalue weighted by Crippen LogP contribution is 2.32. The van der Waals surface area contributed by atoms with E-state index in [-0.39, 0.29) is 55.8 Å². The molecule has 10 nitrogen and oxygen atoms in total. The number of thioether (sulfide) groups is 1. The number of rotatable bonds is 13. The third-order valence-electron chi connectivity index (χ3n) is 4.88. The molecule has 4 unspecified atom stereocenters. The monoisotopic (exact) mass is 478 g/mol. The van der Waals surface area contributed by atoms with E-state index < -0.39 is 36.1 Å². The molecule has 5 atom stereocenters. The van der Waals surface area contributed by atoms with E-state index in [1.54, 1.807) is 6.92 Å². The van der Waals surface area contributed by atoms with Crippen molar-refractivity contribution in [1.29, 1.82) is 0 Å². The molecule has 1 aliphatic heterocycles. The van der Waals surface area contributed by atoms with Gasteiger partial charge in [-0.15, -0.1) is 0 Å². The highest BCUT2D eigenvalue weighted by atomic mass is 32.2. The van der Waals surface area contributed by atoms with Crippen molar-refractivity contribution < 1.29 is 39.2 Å². The Labute approximate surface area is 193 Å². The highest BCUT2D eigenvalue weighted by molar-refractivity contribution is 8.13. The van der Waals surface area contributed by atoms with E-state index in [1.807, 2.05) is 13.8 Å². The van der Waals surface area contributed by atoms with Gasteiger partial charge in [-0.3, -0.25) is 14.4 Å². The maximum atomic E-state index is 12.7. The molecule has 11 heteroatoms. The van der Waals surface area contributed by atoms with Crippen molar-refractivity contribution in [2.75, 3.05) is 25.4 Å². The van der Waals surface area contributed by atoms with E-state index in [9.17, 15) is 29.7 Å². The molecule has 0 saturated carbocycles. The molecule has 5 N–H and O–H groups in total. The molecule has 0 radical (unpaired) electrons. The number of carbonyl (C=O) groups excluding carboxylic acids is 3. The number of ether oxygens (including phenoxy) is 2. The first kappa shape index (κ1) is 28.8. The molecule has 0 aromatic heterocycles. The van der Waals surface area contributed by atoms with Crippen LogP contribution in [0.1, 0.15) is 53.4 Å². The summed E-state index contributed by atoms with van der Waals surface area (Å²) >= 11 is 1.14. The summed E-state index contributed by atoms with van der Waals surface area (Å²) in [5, 5.41) is 34.8. The summed E-state index contributed by atoms with van der Waals surface area (Å²) < 4.78 is 11.4. The van der Waals surface area contributed by atoms with Crippen LogP contribution in [0, 0.1) is 5.41 Å². The molecule has 0 bridgehead atoms. The summed E-state index contributed by atoms with van der Waals surface area (Å²) in [6, 6.07) is 0. The van der Waals surface area contributed by atoms with Gasteiger partial charge in [-0.1, -0.05) is 25.6 Å². The van der Waals surface area contributed by atoms with Gasteiger partial charge < -0.3 is 35.4 Å². The minimum absolute atomic E-state index is 0.00709. The van der Waals surface area contributed by atoms with Gasteiger partial charge in [-0.2, -0.15) is 0 Å². The number of hydrogen-bond acceptors (Lipinski definition) is 9. The minimum Gasteiger partial charge on any atom is -0.393 e. The number of carbonyl (C=O) groups is 3. The molecule has 0 aromatic carbocycles. The number of aliphatic hydroxyl groups excluding tert-OH is 3. The molecule has 1 aliphatic rings. The largest absolute Gasteiger partial charge is 0.393 e. The van der Waals surface area contributed by atoms with E-state index in [1.165, 1.54) is 6.92 Å². The molecular weight excluding hydrogens is 440 g/mol. The summed E-state index contributed by atoms with van der Waals surface area (Å²) in [7, 11) is 0. The normalized spacial score (nSPS) is 23.1. The van der Waals surface area contributed by atoms with Gasteiger partial charge in [0.1, 0.15) is 6.10 Å². The SMILES string of the molecule is CC(=O)SCCNC(=O)CCNC(=O)[C@@H]1OC(CC(O)CC(O)CC(C)O)OCC1(C)C. The fraction of sp³-hybridized carbons (Fsp3) is 0.857. The maximum Gasteiger partial charge on any atom is 0.249 e. The van der Waals surface area contributed by atoms with Crippen molar-refractivity contribution in [3.05, 3.63) is 0 Å². The Morgan fingerprint density at radius 2 is 1.78 bits per heavy atom. The Morgan fingerprint density at radius 3 is 2.41 bits per heavy atom. The lowest BCUT2D eigenvalue weighted by atomic mass is 9.85. The Balaban J connectivity index is 2.43. The molecule has 1 rings (SSSR count). The highest BCUT2D eigenvalue weighted by Gasteiger charge is 2.43. The van der Waals surface area contributed by atoms with E-state index in [2.05, 4.69) is 10.6 Å². The lowest BCUT2D eigenvalue weighted by molar-refractivity contribution is -0.261. The molecule has 0 aliphatic carbocycles. The summed E-state index contributed by atoms with van der Waals surface area (Å²) in [5.74, 6) is -0.0916. The topological polar surface area (TPSA) is 154 Å². The second kappa shape index (κ2) is 14.1. The summed E-state index contributed by atoms with van der Waals surface area (Å²) in [6.45, 7) is 7.45. The minimum atomic E-state index is -0.913. The van der Waals surface area contributed by atoms with Crippen LogP contribution in [0.3, 0.4) is 0 Å². The molecule has 0 spiro atoms. The average molecular weight is 479 g/mol. The third-order valence-corrected chi connectivity index (χ3v) is 5.69. The second-order valence-electron chi connectivity index (χ2n) is 8.84. The predicted molar refractivity (Wildman–Crippen MR) is 120 cm³/mol. The van der Waals surface area contributed by atoms with Crippen LogP contribution in [0.2, 0.25) is 0 Å². The van der Waals surface area contributed by atoms with E-state index in [4.69, 9.17) is 9.47 Å². The molecule has 186 valence electrons. The van der Waals surface area contributed by atoms with Crippen LogP contribution >= 0.6 is 11.8 Å². The Morgan fingerprint density at radius 1 is 1.09 bits per heavy atom. The van der Waals surface area contributed by atoms with Gasteiger partial charge in [0.05, 0.1) is 24.9 Å². The number of hydrogen-bond donors (Lipinski definition) is 5. The summed E-state index contributed by atoms with van der Waals surface area (Å²) in [4.78, 5) is 35.3. The van der Waals surface area contributed by atoms with Crippen molar-refractivity contribution in [2.45, 2.75) is 84.1 Å². The van der Waals surface area contributed by atoms with Gasteiger partial charge in [-0.25, -0.2) is 0 Å². The fourth-order valence-electron chi connectivity index (χ4n) is 3.29. The van der Waals surface area contributed by atoms with Gasteiger partial charge in [0.15, 0.2) is 11.4 Å². The molecule has 1 heterocycles. The predicted octanol–water partition coefficient (Wildman–Crippen LogP) is -0.0708. The zero-order valence-electron chi connectivity index (χ0n) is 19.3. The van der Waals surface area contributed by atoms with Gasteiger partial charge in [0.25, 0.3) is 0 Å². The standard InChI is InChI=1S/C21H38N2O8S/c1-13(24)9-15(26)10-16(27)11-18-30-12-21(3,4)19(31-18)20(29)23-6-5-17(28)22-7-8-32-14(2)25/h13,15-16,18-19,24,26-27H,5-12H2,1-4H3,(H,22,28)(H,23,29)/t13?,15?,16?,18?,19-/m0/s1. The Bertz CT molecular complexity index is 617. The van der Waals surface area contributed by atoms with E-state index in [0.29, 0.717) is 12.3 Å². The quantitative estimate of drug-likeness (QED) is 0.229. The van der Waals surface area contributed by atoms with Crippen molar-refractivity contribution in [3.63, 3.8) is 0 Å². The zero-order chi connectivity index (χ0) is 24.3. The molecular formula is C21H38N2O8S. The van der Waals surface area contributed by atoms with Crippen molar-refractivity contribution >= 4 is 28.7 Å². The third kappa shape index (κ3) is 11.6.